The van der Waals surface area contributed by atoms with Crippen LogP contribution in [0.15, 0.2) is 419 Å². The second-order valence-corrected chi connectivity index (χ2v) is 27.0. The first-order chi connectivity index (χ1) is 50.6. The van der Waals surface area contributed by atoms with Crippen LogP contribution in [0, 0.1) is 0 Å². The molecule has 0 amide bonds. The lowest BCUT2D eigenvalue weighted by Gasteiger charge is -2.36. The summed E-state index contributed by atoms with van der Waals surface area (Å²) >= 11 is 0. The van der Waals surface area contributed by atoms with Crippen molar-refractivity contribution in [3.05, 3.63) is 485 Å². The van der Waals surface area contributed by atoms with Crippen LogP contribution >= 0.6 is 0 Å². The molecule has 0 atom stereocenters. The topological polar surface area (TPSA) is 9.72 Å². The quantitative estimate of drug-likeness (QED) is 0.101. The summed E-state index contributed by atoms with van der Waals surface area (Å²) in [6.45, 7) is 0. The first-order valence-electron chi connectivity index (χ1n) is 35.4. The van der Waals surface area contributed by atoms with E-state index in [2.05, 4.69) is 433 Å². The third-order valence-electron chi connectivity index (χ3n) is 21.8. The van der Waals surface area contributed by atoms with Gasteiger partial charge in [0.15, 0.2) is 0 Å². The second-order valence-electron chi connectivity index (χ2n) is 27.0. The summed E-state index contributed by atoms with van der Waals surface area (Å²) in [5, 5.41) is 0. The molecule has 0 aromatic heterocycles. The molecule has 19 rings (SSSR count). The van der Waals surface area contributed by atoms with Crippen molar-refractivity contribution in [2.75, 3.05) is 14.7 Å². The van der Waals surface area contributed by atoms with E-state index in [0.717, 1.165) is 51.2 Å². The Morgan fingerprint density at radius 1 is 0.127 bits per heavy atom. The van der Waals surface area contributed by atoms with Gasteiger partial charge < -0.3 is 14.7 Å². The summed E-state index contributed by atoms with van der Waals surface area (Å²) in [5.74, 6) is 0. The van der Waals surface area contributed by atoms with Crippen molar-refractivity contribution in [3.8, 4) is 33.4 Å². The van der Waals surface area contributed by atoms with Crippen LogP contribution in [-0.2, 0) is 16.2 Å². The molecule has 0 N–H and O–H groups in total. The fourth-order valence-electron chi connectivity index (χ4n) is 17.8. The zero-order valence-electron chi connectivity index (χ0n) is 56.2. The maximum Gasteiger partial charge on any atom is 0.0714 e. The molecule has 16 aromatic rings. The maximum absolute atomic E-state index is 2.49. The Morgan fingerprint density at radius 2 is 0.314 bits per heavy atom. The molecule has 0 bridgehead atoms. The molecule has 0 saturated heterocycles. The maximum atomic E-state index is 2.49. The van der Waals surface area contributed by atoms with Crippen LogP contribution in [0.1, 0.15) is 66.8 Å². The summed E-state index contributed by atoms with van der Waals surface area (Å²) in [5.41, 5.74) is 29.3. The molecule has 0 heterocycles. The number of rotatable bonds is 15. The molecule has 3 aliphatic carbocycles. The van der Waals surface area contributed by atoms with Crippen molar-refractivity contribution >= 4 is 51.2 Å². The van der Waals surface area contributed by atoms with Crippen molar-refractivity contribution in [1.29, 1.82) is 0 Å². The van der Waals surface area contributed by atoms with E-state index in [-0.39, 0.29) is 0 Å². The molecule has 0 aliphatic heterocycles. The Balaban J connectivity index is 0.901. The van der Waals surface area contributed by atoms with Crippen LogP contribution in [-0.4, -0.2) is 0 Å². The smallest absolute Gasteiger partial charge is 0.0714 e. The fraction of sp³-hybridized carbons (Fsp3) is 0.0303. The van der Waals surface area contributed by atoms with Gasteiger partial charge in [-0.3, -0.25) is 0 Å². The van der Waals surface area contributed by atoms with Gasteiger partial charge >= 0.3 is 0 Å². The van der Waals surface area contributed by atoms with Gasteiger partial charge in [0.25, 0.3) is 0 Å². The molecule has 0 saturated carbocycles. The van der Waals surface area contributed by atoms with Gasteiger partial charge in [-0.2, -0.15) is 0 Å². The molecular formula is C99H69N3. The van der Waals surface area contributed by atoms with E-state index in [9.17, 15) is 0 Å². The number of benzene rings is 16. The Bertz CT molecular complexity index is 5050. The zero-order chi connectivity index (χ0) is 67.6. The van der Waals surface area contributed by atoms with Gasteiger partial charge in [0.05, 0.1) is 33.3 Å². The predicted octanol–water partition coefficient (Wildman–Crippen LogP) is 25.2. The van der Waals surface area contributed by atoms with Crippen LogP contribution in [0.2, 0.25) is 0 Å². The predicted molar refractivity (Wildman–Crippen MR) is 422 cm³/mol. The Labute approximate surface area is 597 Å². The molecule has 480 valence electrons. The van der Waals surface area contributed by atoms with Crippen LogP contribution in [0.3, 0.4) is 0 Å². The fourth-order valence-corrected chi connectivity index (χ4v) is 17.8. The standard InChI is InChI=1S/C99H69N3/c1-10-34-70(35-11-1)97(71-36-12-2-13-37-71)91-55-31-28-52-85(91)88-61-58-79(67-94(88)97)100(76-46-22-7-23-47-76)82-64-83(101(77-48-24-8-25-49-77)80-59-62-89-86-53-29-32-56-92(86)98(95(89)68-80,72-38-14-3-15-39-72)73-40-16-4-17-41-73)66-84(65-82)102(78-50-26-9-27-51-78)81-60-63-90-87-54-30-33-57-93(87)99(96(90)69-81,74-42-18-5-19-43-74)75-44-20-6-21-45-75/h1-69H. The number of hydrogen-bond donors (Lipinski definition) is 0. The average molecular weight is 1300 g/mol. The van der Waals surface area contributed by atoms with E-state index in [1.165, 1.54) is 100 Å². The minimum Gasteiger partial charge on any atom is -0.310 e. The van der Waals surface area contributed by atoms with Gasteiger partial charge in [-0.1, -0.05) is 328 Å². The van der Waals surface area contributed by atoms with Crippen LogP contribution in [0.5, 0.6) is 0 Å². The van der Waals surface area contributed by atoms with Crippen LogP contribution < -0.4 is 14.7 Å². The van der Waals surface area contributed by atoms with Gasteiger partial charge in [0, 0.05) is 34.1 Å². The third kappa shape index (κ3) is 9.28. The lowest BCUT2D eigenvalue weighted by atomic mass is 9.67. The molecule has 16 aromatic carbocycles. The highest BCUT2D eigenvalue weighted by molar-refractivity contribution is 5.96. The zero-order valence-corrected chi connectivity index (χ0v) is 56.2. The van der Waals surface area contributed by atoms with E-state index >= 15 is 0 Å². The van der Waals surface area contributed by atoms with Crippen LogP contribution in [0.4, 0.5) is 51.2 Å². The molecular weight excluding hydrogens is 1230 g/mol. The minimum absolute atomic E-state index is 0.641. The van der Waals surface area contributed by atoms with Crippen molar-refractivity contribution in [3.63, 3.8) is 0 Å². The van der Waals surface area contributed by atoms with E-state index in [0.29, 0.717) is 0 Å². The average Bonchev–Trinajstić information content (AvgIpc) is 1.54. The SMILES string of the molecule is c1ccc(N(c2cc(N(c3ccccc3)c3ccc4c(c3)C(c3ccccc3)(c3ccccc3)c3ccccc3-4)cc(N(c3ccccc3)c3ccc4c(c3)C(c3ccccc3)(c3ccccc3)c3ccccc3-4)c2)c2ccc3c(c2)C(c2ccccc2)(c2ccccc2)c2ccccc2-3)cc1. The largest absolute Gasteiger partial charge is 0.310 e. The monoisotopic (exact) mass is 1300 g/mol. The highest BCUT2D eigenvalue weighted by atomic mass is 15.2. The molecule has 0 fully saturated rings. The Hall–Kier alpha value is -13.1. The molecule has 102 heavy (non-hydrogen) atoms. The second kappa shape index (κ2) is 24.7. The van der Waals surface area contributed by atoms with Crippen molar-refractivity contribution < 1.29 is 0 Å². The molecule has 0 spiro atoms. The Morgan fingerprint density at radius 3 is 0.539 bits per heavy atom. The van der Waals surface area contributed by atoms with Crippen molar-refractivity contribution in [1.82, 2.24) is 0 Å². The van der Waals surface area contributed by atoms with Crippen molar-refractivity contribution in [2.24, 2.45) is 0 Å². The number of para-hydroxylation sites is 3. The van der Waals surface area contributed by atoms with E-state index < -0.39 is 16.2 Å². The highest BCUT2D eigenvalue weighted by Crippen LogP contribution is 2.62. The molecule has 0 radical (unpaired) electrons. The van der Waals surface area contributed by atoms with Gasteiger partial charge in [-0.05, 0) is 191 Å². The number of nitrogens with zero attached hydrogens (tertiary/aromatic N) is 3. The summed E-state index contributed by atoms with van der Waals surface area (Å²) < 4.78 is 0. The van der Waals surface area contributed by atoms with Gasteiger partial charge in [-0.25, -0.2) is 0 Å². The number of hydrogen-bond acceptors (Lipinski definition) is 3. The minimum atomic E-state index is -0.641. The Kier molecular flexibility index (Phi) is 14.6. The van der Waals surface area contributed by atoms with Gasteiger partial charge in [0.1, 0.15) is 0 Å². The van der Waals surface area contributed by atoms with E-state index in [1.807, 2.05) is 0 Å². The third-order valence-corrected chi connectivity index (χ3v) is 21.8. The first kappa shape index (κ1) is 60.1. The lowest BCUT2D eigenvalue weighted by Crippen LogP contribution is -2.29. The van der Waals surface area contributed by atoms with Gasteiger partial charge in [0.2, 0.25) is 0 Å². The number of anilines is 9. The first-order valence-corrected chi connectivity index (χ1v) is 35.4. The van der Waals surface area contributed by atoms with E-state index in [4.69, 9.17) is 0 Å². The summed E-state index contributed by atoms with van der Waals surface area (Å²) in [7, 11) is 0. The summed E-state index contributed by atoms with van der Waals surface area (Å²) in [6.07, 6.45) is 0. The lowest BCUT2D eigenvalue weighted by molar-refractivity contribution is 0.768. The van der Waals surface area contributed by atoms with E-state index in [1.54, 1.807) is 0 Å². The molecule has 0 unspecified atom stereocenters. The summed E-state index contributed by atoms with van der Waals surface area (Å²) in [4.78, 5) is 7.48. The van der Waals surface area contributed by atoms with Gasteiger partial charge in [-0.15, -0.1) is 0 Å². The molecule has 3 nitrogen and oxygen atoms in total. The molecule has 3 aliphatic rings. The highest BCUT2D eigenvalue weighted by Gasteiger charge is 2.50. The number of fused-ring (bicyclic) bond motifs is 9. The molecule has 3 heteroatoms. The van der Waals surface area contributed by atoms with Crippen LogP contribution in [0.25, 0.3) is 33.4 Å². The van der Waals surface area contributed by atoms with Crippen molar-refractivity contribution in [2.45, 2.75) is 16.2 Å². The summed E-state index contributed by atoms with van der Waals surface area (Å²) in [6, 6.07) is 156. The normalized spacial score (nSPS) is 13.5.